The van der Waals surface area contributed by atoms with Crippen molar-refractivity contribution in [2.24, 2.45) is 0 Å². The van der Waals surface area contributed by atoms with E-state index in [9.17, 15) is 18.8 Å². The van der Waals surface area contributed by atoms with Crippen LogP contribution in [0.25, 0.3) is 0 Å². The smallest absolute Gasteiger partial charge is 0.338 e. The summed E-state index contributed by atoms with van der Waals surface area (Å²) < 4.78 is 17.5. The minimum Gasteiger partial charge on any atom is -0.452 e. The lowest BCUT2D eigenvalue weighted by Crippen LogP contribution is -2.43. The molecular weight excluding hydrogens is 339 g/mol. The van der Waals surface area contributed by atoms with Gasteiger partial charge in [0, 0.05) is 10.6 Å². The average Bonchev–Trinajstić information content (AvgIpc) is 2.58. The second kappa shape index (κ2) is 8.07. The fourth-order valence-corrected chi connectivity index (χ4v) is 1.76. The molecule has 0 aliphatic carbocycles. The topological polar surface area (TPSA) is 84.5 Å². The van der Waals surface area contributed by atoms with Gasteiger partial charge in [0.1, 0.15) is 5.82 Å². The fraction of sp³-hybridized carbons (Fsp3) is 0.0625. The van der Waals surface area contributed by atoms with Crippen LogP contribution in [0, 0.1) is 5.82 Å². The van der Waals surface area contributed by atoms with Crippen molar-refractivity contribution < 1.29 is 23.5 Å². The molecule has 0 unspecified atom stereocenters. The van der Waals surface area contributed by atoms with Crippen LogP contribution in [0.15, 0.2) is 48.5 Å². The Morgan fingerprint density at radius 1 is 0.917 bits per heavy atom. The Hall–Kier alpha value is -2.93. The molecule has 8 heteroatoms. The summed E-state index contributed by atoms with van der Waals surface area (Å²) in [7, 11) is 0. The number of rotatable bonds is 4. The molecule has 0 saturated carbocycles. The lowest BCUT2D eigenvalue weighted by Gasteiger charge is -2.08. The predicted molar refractivity (Wildman–Crippen MR) is 83.7 cm³/mol. The molecule has 0 aliphatic heterocycles. The molecule has 0 atom stereocenters. The SMILES string of the molecule is O=C(COC(=O)c1ccc(F)cc1)NNC(=O)c1ccc(Cl)cc1. The third kappa shape index (κ3) is 5.06. The van der Waals surface area contributed by atoms with E-state index in [1.807, 2.05) is 0 Å². The van der Waals surface area contributed by atoms with Crippen LogP contribution in [-0.4, -0.2) is 24.4 Å². The first-order valence-corrected chi connectivity index (χ1v) is 7.11. The molecular formula is C16H12ClFN2O4. The summed E-state index contributed by atoms with van der Waals surface area (Å²) in [6.45, 7) is -0.600. The minimum absolute atomic E-state index is 0.106. The van der Waals surface area contributed by atoms with Crippen molar-refractivity contribution >= 4 is 29.4 Å². The molecule has 0 radical (unpaired) electrons. The van der Waals surface area contributed by atoms with E-state index in [0.717, 1.165) is 12.1 Å². The number of hydrogen-bond donors (Lipinski definition) is 2. The zero-order valence-corrected chi connectivity index (χ0v) is 13.0. The second-order valence-electron chi connectivity index (χ2n) is 4.59. The number of halogens is 2. The van der Waals surface area contributed by atoms with Crippen molar-refractivity contribution in [3.05, 3.63) is 70.5 Å². The number of nitrogens with one attached hydrogen (secondary N) is 2. The molecule has 0 heterocycles. The molecule has 0 aliphatic rings. The molecule has 0 saturated heterocycles. The third-order valence-electron chi connectivity index (χ3n) is 2.84. The molecule has 2 aromatic carbocycles. The van der Waals surface area contributed by atoms with Gasteiger partial charge in [-0.2, -0.15) is 0 Å². The van der Waals surface area contributed by atoms with Gasteiger partial charge in [-0.05, 0) is 48.5 Å². The van der Waals surface area contributed by atoms with Gasteiger partial charge in [-0.15, -0.1) is 0 Å². The lowest BCUT2D eigenvalue weighted by atomic mass is 10.2. The standard InChI is InChI=1S/C16H12ClFN2O4/c17-12-5-1-10(2-6-12)15(22)20-19-14(21)9-24-16(23)11-3-7-13(18)8-4-11/h1-8H,9H2,(H,19,21)(H,20,22). The minimum atomic E-state index is -0.783. The second-order valence-corrected chi connectivity index (χ2v) is 5.03. The van der Waals surface area contributed by atoms with Gasteiger partial charge in [0.25, 0.3) is 11.8 Å². The summed E-state index contributed by atoms with van der Waals surface area (Å²) in [5.41, 5.74) is 4.67. The Bertz CT molecular complexity index is 684. The largest absolute Gasteiger partial charge is 0.452 e. The number of amides is 2. The van der Waals surface area contributed by atoms with Crippen LogP contribution in [0.2, 0.25) is 5.02 Å². The Labute approximate surface area is 141 Å². The molecule has 2 rings (SSSR count). The number of benzene rings is 2. The first kappa shape index (κ1) is 17.4. The van der Waals surface area contributed by atoms with Gasteiger partial charge in [0.2, 0.25) is 0 Å². The number of hydrogen-bond acceptors (Lipinski definition) is 4. The van der Waals surface area contributed by atoms with Crippen molar-refractivity contribution in [3.63, 3.8) is 0 Å². The van der Waals surface area contributed by atoms with Crippen molar-refractivity contribution in [1.82, 2.24) is 10.9 Å². The maximum atomic E-state index is 12.7. The van der Waals surface area contributed by atoms with Gasteiger partial charge in [-0.1, -0.05) is 11.6 Å². The summed E-state index contributed by atoms with van der Waals surface area (Å²) in [4.78, 5) is 34.9. The Balaban J connectivity index is 1.77. The fourth-order valence-electron chi connectivity index (χ4n) is 1.64. The first-order valence-electron chi connectivity index (χ1n) is 6.73. The summed E-state index contributed by atoms with van der Waals surface area (Å²) in [6, 6.07) is 10.7. The predicted octanol–water partition coefficient (Wildman–Crippen LogP) is 2.10. The van der Waals surface area contributed by atoms with E-state index >= 15 is 0 Å². The quantitative estimate of drug-likeness (QED) is 0.653. The van der Waals surface area contributed by atoms with Crippen LogP contribution in [0.5, 0.6) is 0 Å². The van der Waals surface area contributed by atoms with E-state index < -0.39 is 30.2 Å². The van der Waals surface area contributed by atoms with Crippen LogP contribution in [0.1, 0.15) is 20.7 Å². The van der Waals surface area contributed by atoms with E-state index in [-0.39, 0.29) is 5.56 Å². The highest BCUT2D eigenvalue weighted by Gasteiger charge is 2.11. The normalized spacial score (nSPS) is 9.92. The molecule has 0 spiro atoms. The van der Waals surface area contributed by atoms with Gasteiger partial charge in [0.15, 0.2) is 6.61 Å². The maximum absolute atomic E-state index is 12.7. The number of carbonyl (C=O) groups excluding carboxylic acids is 3. The van der Waals surface area contributed by atoms with E-state index in [0.29, 0.717) is 10.6 Å². The number of hydrazine groups is 1. The van der Waals surface area contributed by atoms with Gasteiger partial charge in [-0.3, -0.25) is 20.4 Å². The summed E-state index contributed by atoms with van der Waals surface area (Å²) in [6.07, 6.45) is 0. The molecule has 0 bridgehead atoms. The third-order valence-corrected chi connectivity index (χ3v) is 3.09. The van der Waals surface area contributed by atoms with Crippen molar-refractivity contribution in [2.45, 2.75) is 0 Å². The molecule has 6 nitrogen and oxygen atoms in total. The molecule has 2 aromatic rings. The first-order chi connectivity index (χ1) is 11.5. The zero-order chi connectivity index (χ0) is 17.5. The molecule has 0 fully saturated rings. The van der Waals surface area contributed by atoms with Crippen LogP contribution in [-0.2, 0) is 9.53 Å². The van der Waals surface area contributed by atoms with E-state index in [1.54, 1.807) is 0 Å². The number of esters is 1. The molecule has 24 heavy (non-hydrogen) atoms. The highest BCUT2D eigenvalue weighted by molar-refractivity contribution is 6.30. The van der Waals surface area contributed by atoms with Crippen molar-refractivity contribution in [1.29, 1.82) is 0 Å². The monoisotopic (exact) mass is 350 g/mol. The van der Waals surface area contributed by atoms with E-state index in [2.05, 4.69) is 10.9 Å². The number of carbonyl (C=O) groups is 3. The summed E-state index contributed by atoms with van der Waals surface area (Å²) >= 11 is 5.70. The van der Waals surface area contributed by atoms with Gasteiger partial charge in [-0.25, -0.2) is 9.18 Å². The maximum Gasteiger partial charge on any atom is 0.338 e. The van der Waals surface area contributed by atoms with E-state index in [1.165, 1.54) is 36.4 Å². The average molecular weight is 351 g/mol. The zero-order valence-electron chi connectivity index (χ0n) is 12.2. The Morgan fingerprint density at radius 2 is 1.50 bits per heavy atom. The van der Waals surface area contributed by atoms with Crippen LogP contribution >= 0.6 is 11.6 Å². The summed E-state index contributed by atoms with van der Waals surface area (Å²) in [5, 5.41) is 0.475. The Kier molecular flexibility index (Phi) is 5.86. The van der Waals surface area contributed by atoms with E-state index in [4.69, 9.17) is 16.3 Å². The lowest BCUT2D eigenvalue weighted by molar-refractivity contribution is -0.125. The Morgan fingerprint density at radius 3 is 2.12 bits per heavy atom. The van der Waals surface area contributed by atoms with Gasteiger partial charge >= 0.3 is 5.97 Å². The highest BCUT2D eigenvalue weighted by atomic mass is 35.5. The van der Waals surface area contributed by atoms with Crippen molar-refractivity contribution in [3.8, 4) is 0 Å². The number of ether oxygens (including phenoxy) is 1. The summed E-state index contributed by atoms with van der Waals surface area (Å²) in [5.74, 6) is -2.55. The van der Waals surface area contributed by atoms with Crippen LogP contribution in [0.3, 0.4) is 0 Å². The molecule has 0 aromatic heterocycles. The molecule has 2 amide bonds. The molecule has 124 valence electrons. The molecule has 2 N–H and O–H groups in total. The highest BCUT2D eigenvalue weighted by Crippen LogP contribution is 2.09. The van der Waals surface area contributed by atoms with Gasteiger partial charge < -0.3 is 4.74 Å². The van der Waals surface area contributed by atoms with Crippen molar-refractivity contribution in [2.75, 3.05) is 6.61 Å². The van der Waals surface area contributed by atoms with Crippen LogP contribution < -0.4 is 10.9 Å². The van der Waals surface area contributed by atoms with Crippen LogP contribution in [0.4, 0.5) is 4.39 Å². The van der Waals surface area contributed by atoms with Gasteiger partial charge in [0.05, 0.1) is 5.56 Å².